The van der Waals surface area contributed by atoms with Gasteiger partial charge >= 0.3 is 35.3 Å². The molecule has 2 aromatic carbocycles. The molecule has 2 aromatic heterocycles. The summed E-state index contributed by atoms with van der Waals surface area (Å²) in [6, 6.07) is 14.4. The molecule has 12 nitrogen and oxygen atoms in total. The zero-order valence-electron chi connectivity index (χ0n) is 20.2. The minimum absolute atomic E-state index is 0.0324. The van der Waals surface area contributed by atoms with Gasteiger partial charge in [0.25, 0.3) is 20.0 Å². The predicted octanol–water partition coefficient (Wildman–Crippen LogP) is 5.92. The fourth-order valence-electron chi connectivity index (χ4n) is 2.62. The molecule has 210 valence electrons. The average Bonchev–Trinajstić information content (AvgIpc) is 2.85. The van der Waals surface area contributed by atoms with Crippen LogP contribution in [0.5, 0.6) is 0 Å². The molecule has 0 amide bonds. The van der Waals surface area contributed by atoms with Gasteiger partial charge in [0, 0.05) is 23.8 Å². The number of sulfonamides is 2. The van der Waals surface area contributed by atoms with E-state index in [1.807, 2.05) is 0 Å². The number of nitrogens with one attached hydrogen (secondary N) is 4. The van der Waals surface area contributed by atoms with Crippen LogP contribution in [0, 0.1) is 13.8 Å². The summed E-state index contributed by atoms with van der Waals surface area (Å²) in [5.41, 5.74) is 16.5. The van der Waals surface area contributed by atoms with Crippen molar-refractivity contribution >= 4 is 62.2 Å². The second-order valence-electron chi connectivity index (χ2n) is 7.35. The van der Waals surface area contributed by atoms with Gasteiger partial charge in [-0.3, -0.25) is 0 Å². The van der Waals surface area contributed by atoms with Crippen LogP contribution in [0.4, 0.5) is 23.3 Å². The van der Waals surface area contributed by atoms with Gasteiger partial charge in [-0.1, -0.05) is 24.3 Å². The third-order valence-corrected chi connectivity index (χ3v) is 7.06. The number of halogens is 2. The molecule has 4 aromatic rings. The third kappa shape index (κ3) is 10.9. The van der Waals surface area contributed by atoms with Crippen LogP contribution in [0.2, 0.25) is 0 Å². The van der Waals surface area contributed by atoms with E-state index in [1.54, 1.807) is 26.0 Å². The Balaban J connectivity index is 0.000000249. The van der Waals surface area contributed by atoms with Crippen LogP contribution in [0.3, 0.4) is 0 Å². The SMILES string of the molecule is Cc1ccnc(NS(=O)(=O)c2ccc([NH-])cc2)n1.Cc1ccnc(NS(=O)(=O)c2ccc([NH-])cc2)n1.[Cl][Pt+2][Cl]. The van der Waals surface area contributed by atoms with Gasteiger partial charge in [0.2, 0.25) is 11.9 Å². The van der Waals surface area contributed by atoms with Crippen LogP contribution in [0.15, 0.2) is 82.8 Å². The molecule has 4 rings (SSSR count). The third-order valence-electron chi connectivity index (χ3n) is 4.37. The van der Waals surface area contributed by atoms with Gasteiger partial charge < -0.3 is 11.5 Å². The molecule has 4 N–H and O–H groups in total. The van der Waals surface area contributed by atoms with E-state index in [9.17, 15) is 16.8 Å². The molecule has 0 saturated carbocycles. The van der Waals surface area contributed by atoms with Gasteiger partial charge in [-0.2, -0.15) is 0 Å². The second-order valence-corrected chi connectivity index (χ2v) is 14.0. The number of rotatable bonds is 6. The Labute approximate surface area is 243 Å². The molecular weight excluding hydrogens is 770 g/mol. The molecule has 0 fully saturated rings. The molecule has 0 saturated heterocycles. The van der Waals surface area contributed by atoms with E-state index in [2.05, 4.69) is 29.4 Å². The van der Waals surface area contributed by atoms with E-state index in [0.29, 0.717) is 11.4 Å². The molecule has 0 unspecified atom stereocenters. The summed E-state index contributed by atoms with van der Waals surface area (Å²) in [6.45, 7) is 3.49. The number of hydrogen-bond acceptors (Lipinski definition) is 8. The predicted molar refractivity (Wildman–Crippen MR) is 148 cm³/mol. The Morgan fingerprint density at radius 2 is 0.949 bits per heavy atom. The zero-order valence-corrected chi connectivity index (χ0v) is 25.7. The Morgan fingerprint density at radius 1 is 0.641 bits per heavy atom. The maximum absolute atomic E-state index is 12.0. The van der Waals surface area contributed by atoms with Crippen molar-refractivity contribution in [2.45, 2.75) is 23.6 Å². The standard InChI is InChI=1S/2C11H11N4O2S.2ClH.Pt/c2*1-8-6-7-13-11(14-8)15-18(16,17)10-4-2-9(12)3-5-10;;;/h2*2-7,12H,1H3,(H,13,14,15);2*1H;/q2*-1;;;+4/p-2. The molecule has 0 radical (unpaired) electrons. The van der Waals surface area contributed by atoms with E-state index >= 15 is 0 Å². The fraction of sp³-hybridized carbons (Fsp3) is 0.0909. The first-order valence-corrected chi connectivity index (χ1v) is 19.1. The van der Waals surface area contributed by atoms with Crippen LogP contribution in [0.25, 0.3) is 11.5 Å². The summed E-state index contributed by atoms with van der Waals surface area (Å²) in [7, 11) is 2.34. The number of anilines is 2. The van der Waals surface area contributed by atoms with Gasteiger partial charge in [0.1, 0.15) is 0 Å². The molecule has 0 aliphatic rings. The van der Waals surface area contributed by atoms with Crippen LogP contribution < -0.4 is 9.44 Å². The van der Waals surface area contributed by atoms with Crippen molar-refractivity contribution in [1.29, 1.82) is 0 Å². The molecule has 39 heavy (non-hydrogen) atoms. The molecule has 0 atom stereocenters. The van der Waals surface area contributed by atoms with Crippen LogP contribution in [-0.2, 0) is 36.5 Å². The summed E-state index contributed by atoms with van der Waals surface area (Å²) < 4.78 is 52.5. The minimum atomic E-state index is -3.71. The summed E-state index contributed by atoms with van der Waals surface area (Å²) in [6.07, 6.45) is 2.96. The van der Waals surface area contributed by atoms with Crippen molar-refractivity contribution in [3.63, 3.8) is 0 Å². The van der Waals surface area contributed by atoms with Gasteiger partial charge in [0.15, 0.2) is 0 Å². The van der Waals surface area contributed by atoms with Gasteiger partial charge in [0.05, 0.1) is 9.79 Å². The quantitative estimate of drug-likeness (QED) is 0.241. The number of hydrogen-bond donors (Lipinski definition) is 2. The van der Waals surface area contributed by atoms with E-state index in [0.717, 1.165) is 0 Å². The normalized spacial score (nSPS) is 10.9. The van der Waals surface area contributed by atoms with Gasteiger partial charge in [-0.15, -0.1) is 11.4 Å². The van der Waals surface area contributed by atoms with Crippen LogP contribution in [0.1, 0.15) is 11.4 Å². The monoisotopic (exact) mass is 791 g/mol. The molecule has 0 bridgehead atoms. The summed E-state index contributed by atoms with van der Waals surface area (Å²) in [5, 5.41) is 0. The van der Waals surface area contributed by atoms with Crippen molar-refractivity contribution in [3.05, 3.63) is 95.9 Å². The molecule has 2 heterocycles. The Kier molecular flexibility index (Phi) is 12.3. The topological polar surface area (TPSA) is 192 Å². The Morgan fingerprint density at radius 3 is 1.23 bits per heavy atom. The number of aromatic nitrogens is 4. The van der Waals surface area contributed by atoms with Gasteiger partial charge in [-0.25, -0.2) is 46.2 Å². The van der Waals surface area contributed by atoms with Crippen molar-refractivity contribution in [2.75, 3.05) is 9.44 Å². The molecule has 0 aliphatic heterocycles. The van der Waals surface area contributed by atoms with Crippen molar-refractivity contribution < 1.29 is 33.3 Å². The first kappa shape index (κ1) is 32.2. The molecular formula is C22H22Cl2N8O4PtS2. The molecule has 0 aliphatic carbocycles. The number of aryl methyl sites for hydroxylation is 2. The average molecular weight is 793 g/mol. The summed E-state index contributed by atoms with van der Waals surface area (Å²) in [4.78, 5) is 15.7. The van der Waals surface area contributed by atoms with Crippen LogP contribution >= 0.6 is 18.8 Å². The summed E-state index contributed by atoms with van der Waals surface area (Å²) in [5.74, 6) is 0.0647. The number of nitrogens with zero attached hydrogens (tertiary/aromatic N) is 4. The van der Waals surface area contributed by atoms with E-state index in [-0.39, 0.29) is 33.1 Å². The first-order chi connectivity index (χ1) is 18.4. The van der Waals surface area contributed by atoms with Crippen molar-refractivity contribution in [3.8, 4) is 0 Å². The number of benzene rings is 2. The molecule has 0 spiro atoms. The van der Waals surface area contributed by atoms with Gasteiger partial charge in [-0.05, 0) is 50.2 Å². The van der Waals surface area contributed by atoms with E-state index in [1.165, 1.54) is 60.9 Å². The first-order valence-electron chi connectivity index (χ1n) is 10.5. The second kappa shape index (κ2) is 14.9. The van der Waals surface area contributed by atoms with E-state index < -0.39 is 36.5 Å². The van der Waals surface area contributed by atoms with Crippen molar-refractivity contribution in [1.82, 2.24) is 19.9 Å². The van der Waals surface area contributed by atoms with Crippen molar-refractivity contribution in [2.24, 2.45) is 0 Å². The molecule has 17 heteroatoms. The zero-order chi connectivity index (χ0) is 29.1. The maximum atomic E-state index is 12.0. The Bertz CT molecular complexity index is 1460. The summed E-state index contributed by atoms with van der Waals surface area (Å²) >= 11 is -0.472. The van der Waals surface area contributed by atoms with Crippen LogP contribution in [-0.4, -0.2) is 36.8 Å². The fourth-order valence-corrected chi connectivity index (χ4v) is 4.52. The Hall–Kier alpha value is -3.03. The van der Waals surface area contributed by atoms with E-state index in [4.69, 9.17) is 30.3 Å².